The number of nitrogens with zero attached hydrogens (tertiary/aromatic N) is 1. The van der Waals surface area contributed by atoms with Crippen LogP contribution in [0.3, 0.4) is 0 Å². The van der Waals surface area contributed by atoms with E-state index in [2.05, 4.69) is 18.7 Å². The number of carbonyl (C=O) groups is 1. The molecule has 2 rings (SSSR count). The topological polar surface area (TPSA) is 59.0 Å². The third kappa shape index (κ3) is 4.37. The summed E-state index contributed by atoms with van der Waals surface area (Å²) in [5, 5.41) is 8.89. The van der Waals surface area contributed by atoms with Crippen molar-refractivity contribution in [3.05, 3.63) is 23.8 Å². The van der Waals surface area contributed by atoms with E-state index in [1.165, 1.54) is 0 Å². The van der Waals surface area contributed by atoms with Gasteiger partial charge in [0, 0.05) is 19.6 Å². The highest BCUT2D eigenvalue weighted by Gasteiger charge is 2.32. The van der Waals surface area contributed by atoms with Gasteiger partial charge in [-0.1, -0.05) is 19.9 Å². The highest BCUT2D eigenvalue weighted by Crippen LogP contribution is 2.30. The average molecular weight is 307 g/mol. The van der Waals surface area contributed by atoms with Crippen molar-refractivity contribution >= 4 is 5.97 Å². The summed E-state index contributed by atoms with van der Waals surface area (Å²) < 4.78 is 11.2. The van der Waals surface area contributed by atoms with Crippen LogP contribution in [-0.4, -0.2) is 42.8 Å². The number of hydrogen-bond acceptors (Lipinski definition) is 4. The molecular formula is C17H25NO4. The molecule has 1 heterocycles. The van der Waals surface area contributed by atoms with Crippen molar-refractivity contribution in [2.24, 2.45) is 11.8 Å². The molecule has 1 N–H and O–H groups in total. The van der Waals surface area contributed by atoms with Gasteiger partial charge in [-0.3, -0.25) is 9.69 Å². The normalized spacial score (nSPS) is 15.6. The van der Waals surface area contributed by atoms with Crippen molar-refractivity contribution in [1.29, 1.82) is 0 Å². The molecule has 0 aliphatic carbocycles. The number of rotatable bonds is 8. The number of carboxylic acid groups (broad SMARTS) is 1. The molecular weight excluding hydrogens is 282 g/mol. The molecule has 122 valence electrons. The molecule has 1 aliphatic rings. The molecule has 0 radical (unpaired) electrons. The zero-order chi connectivity index (χ0) is 16.1. The molecule has 5 nitrogen and oxygen atoms in total. The Hall–Kier alpha value is -1.75. The predicted octanol–water partition coefficient (Wildman–Crippen LogP) is 2.64. The average Bonchev–Trinajstić information content (AvgIpc) is 2.42. The fourth-order valence-corrected chi connectivity index (χ4v) is 2.45. The minimum absolute atomic E-state index is 0.222. The lowest BCUT2D eigenvalue weighted by atomic mass is 9.99. The van der Waals surface area contributed by atoms with E-state index in [0.29, 0.717) is 25.6 Å². The van der Waals surface area contributed by atoms with Crippen LogP contribution < -0.4 is 9.47 Å². The molecule has 22 heavy (non-hydrogen) atoms. The first-order chi connectivity index (χ1) is 10.5. The second kappa shape index (κ2) is 7.49. The van der Waals surface area contributed by atoms with Crippen LogP contribution in [0.1, 0.15) is 25.8 Å². The molecule has 0 aromatic heterocycles. The van der Waals surface area contributed by atoms with Gasteiger partial charge < -0.3 is 14.6 Å². The Morgan fingerprint density at radius 2 is 2.09 bits per heavy atom. The summed E-state index contributed by atoms with van der Waals surface area (Å²) in [6.07, 6.45) is 1.01. The van der Waals surface area contributed by atoms with Gasteiger partial charge in [0.25, 0.3) is 0 Å². The minimum atomic E-state index is -0.706. The van der Waals surface area contributed by atoms with Gasteiger partial charge in [-0.15, -0.1) is 0 Å². The zero-order valence-corrected chi connectivity index (χ0v) is 13.5. The Balaban J connectivity index is 1.90. The number of hydrogen-bond donors (Lipinski definition) is 1. The van der Waals surface area contributed by atoms with Crippen LogP contribution in [0.2, 0.25) is 0 Å². The van der Waals surface area contributed by atoms with E-state index in [1.807, 2.05) is 18.2 Å². The maximum absolute atomic E-state index is 10.8. The quantitative estimate of drug-likeness (QED) is 0.800. The maximum atomic E-state index is 10.8. The van der Waals surface area contributed by atoms with E-state index >= 15 is 0 Å². The number of aliphatic carboxylic acids is 1. The first-order valence-electron chi connectivity index (χ1n) is 7.74. The molecule has 1 fully saturated rings. The van der Waals surface area contributed by atoms with Crippen LogP contribution in [0.15, 0.2) is 18.2 Å². The maximum Gasteiger partial charge on any atom is 0.309 e. The van der Waals surface area contributed by atoms with E-state index in [0.717, 1.165) is 30.0 Å². The highest BCUT2D eigenvalue weighted by molar-refractivity contribution is 5.71. The number of methoxy groups -OCH3 is 1. The van der Waals surface area contributed by atoms with Crippen molar-refractivity contribution in [3.63, 3.8) is 0 Å². The Labute approximate surface area is 131 Å². The Morgan fingerprint density at radius 1 is 1.36 bits per heavy atom. The van der Waals surface area contributed by atoms with Crippen LogP contribution in [0.25, 0.3) is 0 Å². The summed E-state index contributed by atoms with van der Waals surface area (Å²) in [6, 6.07) is 5.92. The lowest BCUT2D eigenvalue weighted by Gasteiger charge is -2.36. The molecule has 0 unspecified atom stereocenters. The minimum Gasteiger partial charge on any atom is -0.493 e. The molecule has 1 aliphatic heterocycles. The molecule has 0 amide bonds. The third-order valence-electron chi connectivity index (χ3n) is 3.89. The van der Waals surface area contributed by atoms with E-state index in [1.54, 1.807) is 7.11 Å². The van der Waals surface area contributed by atoms with Crippen LogP contribution >= 0.6 is 0 Å². The van der Waals surface area contributed by atoms with Crippen LogP contribution in [-0.2, 0) is 11.3 Å². The first kappa shape index (κ1) is 16.6. The van der Waals surface area contributed by atoms with Gasteiger partial charge >= 0.3 is 5.97 Å². The molecule has 0 bridgehead atoms. The summed E-state index contributed by atoms with van der Waals surface area (Å²) in [6.45, 7) is 6.99. The van der Waals surface area contributed by atoms with E-state index < -0.39 is 5.97 Å². The van der Waals surface area contributed by atoms with Crippen LogP contribution in [0, 0.1) is 11.8 Å². The Morgan fingerprint density at radius 3 is 2.68 bits per heavy atom. The van der Waals surface area contributed by atoms with Crippen LogP contribution in [0.5, 0.6) is 11.5 Å². The molecule has 1 saturated heterocycles. The first-order valence-corrected chi connectivity index (χ1v) is 7.74. The smallest absolute Gasteiger partial charge is 0.309 e. The summed E-state index contributed by atoms with van der Waals surface area (Å²) in [7, 11) is 1.64. The second-order valence-electron chi connectivity index (χ2n) is 6.25. The largest absolute Gasteiger partial charge is 0.493 e. The van der Waals surface area contributed by atoms with Gasteiger partial charge in [0.15, 0.2) is 11.5 Å². The summed E-state index contributed by atoms with van der Waals surface area (Å²) in [5.74, 6) is 1.18. The highest BCUT2D eigenvalue weighted by atomic mass is 16.5. The lowest BCUT2D eigenvalue weighted by Crippen LogP contribution is -2.49. The standard InChI is InChI=1S/C17H25NO4/c1-12(2)6-7-22-15-5-4-13(8-16(15)21-3)9-18-10-14(11-18)17(19)20/h4-5,8,12,14H,6-7,9-11H2,1-3H3,(H,19,20). The fourth-order valence-electron chi connectivity index (χ4n) is 2.45. The summed E-state index contributed by atoms with van der Waals surface area (Å²) >= 11 is 0. The number of benzene rings is 1. The van der Waals surface area contributed by atoms with Gasteiger partial charge in [0.1, 0.15) is 0 Å². The van der Waals surface area contributed by atoms with Crippen LogP contribution in [0.4, 0.5) is 0 Å². The SMILES string of the molecule is COc1cc(CN2CC(C(=O)O)C2)ccc1OCCC(C)C. The second-order valence-corrected chi connectivity index (χ2v) is 6.25. The van der Waals surface area contributed by atoms with Crippen molar-refractivity contribution in [3.8, 4) is 11.5 Å². The fraction of sp³-hybridized carbons (Fsp3) is 0.588. The summed E-state index contributed by atoms with van der Waals surface area (Å²) in [4.78, 5) is 12.9. The number of carboxylic acids is 1. The zero-order valence-electron chi connectivity index (χ0n) is 13.5. The number of ether oxygens (including phenoxy) is 2. The molecule has 1 aromatic carbocycles. The van der Waals surface area contributed by atoms with Crippen molar-refractivity contribution in [2.45, 2.75) is 26.8 Å². The molecule has 5 heteroatoms. The van der Waals surface area contributed by atoms with E-state index in [-0.39, 0.29) is 5.92 Å². The van der Waals surface area contributed by atoms with Gasteiger partial charge in [-0.05, 0) is 30.0 Å². The third-order valence-corrected chi connectivity index (χ3v) is 3.89. The monoisotopic (exact) mass is 307 g/mol. The molecule has 1 aromatic rings. The van der Waals surface area contributed by atoms with Gasteiger partial charge in [0.05, 0.1) is 19.6 Å². The predicted molar refractivity (Wildman–Crippen MR) is 84.3 cm³/mol. The van der Waals surface area contributed by atoms with Gasteiger partial charge in [-0.25, -0.2) is 0 Å². The van der Waals surface area contributed by atoms with Crippen molar-refractivity contribution in [1.82, 2.24) is 4.90 Å². The van der Waals surface area contributed by atoms with Gasteiger partial charge in [-0.2, -0.15) is 0 Å². The Kier molecular flexibility index (Phi) is 5.66. The van der Waals surface area contributed by atoms with Crippen molar-refractivity contribution in [2.75, 3.05) is 26.8 Å². The Bertz CT molecular complexity index is 509. The summed E-state index contributed by atoms with van der Waals surface area (Å²) in [5.41, 5.74) is 1.11. The molecule has 0 spiro atoms. The van der Waals surface area contributed by atoms with Crippen molar-refractivity contribution < 1.29 is 19.4 Å². The van der Waals surface area contributed by atoms with Gasteiger partial charge in [0.2, 0.25) is 0 Å². The number of likely N-dealkylation sites (tertiary alicyclic amines) is 1. The molecule has 0 saturated carbocycles. The van der Waals surface area contributed by atoms with E-state index in [9.17, 15) is 4.79 Å². The molecule has 0 atom stereocenters. The lowest BCUT2D eigenvalue weighted by molar-refractivity contribution is -0.147. The van der Waals surface area contributed by atoms with E-state index in [4.69, 9.17) is 14.6 Å².